The number of allylic oxidation sites excluding steroid dienone is 3. The molecule has 0 amide bonds. The zero-order valence-electron chi connectivity index (χ0n) is 18.0. The molecule has 2 aliphatic rings. The number of dihydropyridines is 1. The van der Waals surface area contributed by atoms with E-state index < -0.39 is 11.9 Å². The van der Waals surface area contributed by atoms with Gasteiger partial charge in [-0.2, -0.15) is 0 Å². The number of carbonyl (C=O) groups is 2. The number of benzene rings is 1. The summed E-state index contributed by atoms with van der Waals surface area (Å²) in [7, 11) is 0. The first kappa shape index (κ1) is 22.9. The number of nitrogens with one attached hydrogen (secondary N) is 1. The maximum absolute atomic E-state index is 13.2. The van der Waals surface area contributed by atoms with Crippen molar-refractivity contribution in [3.8, 4) is 0 Å². The number of unbranched alkanes of at least 4 members (excludes halogenated alkanes) is 2. The number of hydrogen-bond acceptors (Lipinski definition) is 4. The average molecular weight is 450 g/mol. The van der Waals surface area contributed by atoms with Crippen molar-refractivity contribution in [1.29, 1.82) is 0 Å². The summed E-state index contributed by atoms with van der Waals surface area (Å²) in [5, 5.41) is 4.09. The van der Waals surface area contributed by atoms with Crippen LogP contribution in [0.2, 0.25) is 10.0 Å². The van der Waals surface area contributed by atoms with Crippen LogP contribution in [0.3, 0.4) is 0 Å². The fourth-order valence-corrected chi connectivity index (χ4v) is 4.77. The number of Topliss-reactive ketones (excluding diaryl/α,β-unsaturated/α-hetero) is 1. The lowest BCUT2D eigenvalue weighted by Crippen LogP contribution is -2.38. The van der Waals surface area contributed by atoms with E-state index in [1.807, 2.05) is 13.0 Å². The highest BCUT2D eigenvalue weighted by Gasteiger charge is 2.43. The largest absolute Gasteiger partial charge is 0.462 e. The van der Waals surface area contributed by atoms with Crippen molar-refractivity contribution in [3.05, 3.63) is 56.3 Å². The molecule has 30 heavy (non-hydrogen) atoms. The molecule has 6 heteroatoms. The molecule has 162 valence electrons. The maximum atomic E-state index is 13.2. The summed E-state index contributed by atoms with van der Waals surface area (Å²) in [6.45, 7) is 8.46. The Kier molecular flexibility index (Phi) is 6.98. The maximum Gasteiger partial charge on any atom is 0.336 e. The van der Waals surface area contributed by atoms with E-state index >= 15 is 0 Å². The fourth-order valence-electron chi connectivity index (χ4n) is 4.36. The molecular formula is C24H29Cl2NO3. The molecule has 1 aliphatic heterocycles. The van der Waals surface area contributed by atoms with Crippen LogP contribution in [0.15, 0.2) is 40.7 Å². The van der Waals surface area contributed by atoms with Gasteiger partial charge in [-0.1, -0.05) is 68.9 Å². The summed E-state index contributed by atoms with van der Waals surface area (Å²) in [6.07, 6.45) is 3.99. The minimum Gasteiger partial charge on any atom is -0.462 e. The van der Waals surface area contributed by atoms with Crippen LogP contribution in [0.1, 0.15) is 71.3 Å². The van der Waals surface area contributed by atoms with Crippen molar-refractivity contribution < 1.29 is 14.3 Å². The van der Waals surface area contributed by atoms with Gasteiger partial charge in [0.1, 0.15) is 0 Å². The molecule has 1 atom stereocenters. The molecule has 0 spiro atoms. The first-order chi connectivity index (χ1) is 14.2. The fraction of sp³-hybridized carbons (Fsp3) is 0.500. The smallest absolute Gasteiger partial charge is 0.336 e. The van der Waals surface area contributed by atoms with E-state index in [1.165, 1.54) is 0 Å². The zero-order chi connectivity index (χ0) is 22.1. The number of halogens is 2. The van der Waals surface area contributed by atoms with Crippen LogP contribution in [0.5, 0.6) is 0 Å². The molecule has 1 heterocycles. The molecule has 1 N–H and O–H groups in total. The molecule has 0 radical (unpaired) electrons. The predicted molar refractivity (Wildman–Crippen MR) is 121 cm³/mol. The molecule has 3 rings (SSSR count). The molecule has 0 fully saturated rings. The second-order valence-corrected chi connectivity index (χ2v) is 9.70. The van der Waals surface area contributed by atoms with E-state index in [9.17, 15) is 9.59 Å². The highest BCUT2D eigenvalue weighted by Crippen LogP contribution is 2.48. The monoisotopic (exact) mass is 449 g/mol. The van der Waals surface area contributed by atoms with Gasteiger partial charge in [0.25, 0.3) is 0 Å². The summed E-state index contributed by atoms with van der Waals surface area (Å²) in [5.74, 6) is -0.977. The molecule has 0 saturated heterocycles. The minimum absolute atomic E-state index is 0.0265. The van der Waals surface area contributed by atoms with E-state index in [2.05, 4.69) is 26.1 Å². The van der Waals surface area contributed by atoms with Gasteiger partial charge in [-0.15, -0.1) is 0 Å². The van der Waals surface area contributed by atoms with Gasteiger partial charge in [0.05, 0.1) is 22.2 Å². The Morgan fingerprint density at radius 1 is 1.23 bits per heavy atom. The Balaban J connectivity index is 2.08. The summed E-state index contributed by atoms with van der Waals surface area (Å²) < 4.78 is 5.58. The average Bonchev–Trinajstić information content (AvgIpc) is 2.65. The topological polar surface area (TPSA) is 55.4 Å². The summed E-state index contributed by atoms with van der Waals surface area (Å²) in [5.41, 5.74) is 3.10. The van der Waals surface area contributed by atoms with Crippen LogP contribution in [0.25, 0.3) is 0 Å². The molecule has 0 saturated carbocycles. The van der Waals surface area contributed by atoms with Crippen molar-refractivity contribution in [1.82, 2.24) is 5.32 Å². The number of rotatable bonds is 6. The Hall–Kier alpha value is -1.78. The minimum atomic E-state index is -0.588. The van der Waals surface area contributed by atoms with E-state index in [-0.39, 0.29) is 11.2 Å². The lowest BCUT2D eigenvalue weighted by atomic mass is 9.68. The Labute approximate surface area is 188 Å². The molecule has 1 aromatic rings. The molecule has 4 nitrogen and oxygen atoms in total. The highest BCUT2D eigenvalue weighted by atomic mass is 35.5. The van der Waals surface area contributed by atoms with Crippen LogP contribution < -0.4 is 5.32 Å². The van der Waals surface area contributed by atoms with E-state index in [4.69, 9.17) is 27.9 Å². The Bertz CT molecular complexity index is 930. The van der Waals surface area contributed by atoms with Gasteiger partial charge in [-0.25, -0.2) is 4.79 Å². The van der Waals surface area contributed by atoms with Gasteiger partial charge in [0, 0.05) is 29.3 Å². The number of hydrogen-bond donors (Lipinski definition) is 1. The normalized spacial score (nSPS) is 20.7. The van der Waals surface area contributed by atoms with Crippen LogP contribution in [0.4, 0.5) is 0 Å². The molecule has 0 bridgehead atoms. The predicted octanol–water partition coefficient (Wildman–Crippen LogP) is 6.33. The van der Waals surface area contributed by atoms with Crippen LogP contribution >= 0.6 is 23.2 Å². The van der Waals surface area contributed by atoms with Crippen molar-refractivity contribution in [2.75, 3.05) is 6.61 Å². The van der Waals surface area contributed by atoms with E-state index in [1.54, 1.807) is 12.1 Å². The number of esters is 1. The van der Waals surface area contributed by atoms with Crippen LogP contribution in [-0.4, -0.2) is 18.4 Å². The summed E-state index contributed by atoms with van der Waals surface area (Å²) in [4.78, 5) is 26.4. The SMILES string of the molecule is CCCCCOC(=O)C1=C(C)NC2=C(C(=O)CC(C)(C)C2)C1c1cccc(Cl)c1Cl. The van der Waals surface area contributed by atoms with Gasteiger partial charge in [-0.3, -0.25) is 4.79 Å². The lowest BCUT2D eigenvalue weighted by Gasteiger charge is -2.39. The van der Waals surface area contributed by atoms with E-state index in [0.29, 0.717) is 45.5 Å². The van der Waals surface area contributed by atoms with Crippen molar-refractivity contribution >= 4 is 35.0 Å². The van der Waals surface area contributed by atoms with Crippen molar-refractivity contribution in [2.24, 2.45) is 5.41 Å². The number of ketones is 1. The standard InChI is InChI=1S/C24H29Cl2NO3/c1-5-6-7-11-30-23(29)19-14(2)27-17-12-24(3,4)13-18(28)21(17)20(19)15-9-8-10-16(25)22(15)26/h8-10,20,27H,5-7,11-13H2,1-4H3. The van der Waals surface area contributed by atoms with Crippen LogP contribution in [0, 0.1) is 5.41 Å². The molecule has 1 aliphatic carbocycles. The number of carbonyl (C=O) groups excluding carboxylic acids is 2. The zero-order valence-corrected chi connectivity index (χ0v) is 19.5. The summed E-state index contributed by atoms with van der Waals surface area (Å²) in [6, 6.07) is 5.33. The first-order valence-electron chi connectivity index (χ1n) is 10.5. The molecule has 1 aromatic carbocycles. The highest BCUT2D eigenvalue weighted by molar-refractivity contribution is 6.42. The van der Waals surface area contributed by atoms with Gasteiger partial charge in [0.2, 0.25) is 0 Å². The van der Waals surface area contributed by atoms with Crippen molar-refractivity contribution in [2.45, 2.75) is 65.7 Å². The van der Waals surface area contributed by atoms with Gasteiger partial charge < -0.3 is 10.1 Å². The molecule has 0 aromatic heterocycles. The number of ether oxygens (including phenoxy) is 1. The first-order valence-corrected chi connectivity index (χ1v) is 11.3. The second-order valence-electron chi connectivity index (χ2n) is 8.92. The van der Waals surface area contributed by atoms with E-state index in [0.717, 1.165) is 31.4 Å². The van der Waals surface area contributed by atoms with Gasteiger partial charge in [0.15, 0.2) is 5.78 Å². The molecule has 1 unspecified atom stereocenters. The third kappa shape index (κ3) is 4.60. The lowest BCUT2D eigenvalue weighted by molar-refractivity contribution is -0.139. The quantitative estimate of drug-likeness (QED) is 0.407. The van der Waals surface area contributed by atoms with Gasteiger partial charge >= 0.3 is 5.97 Å². The third-order valence-electron chi connectivity index (χ3n) is 5.73. The van der Waals surface area contributed by atoms with Crippen molar-refractivity contribution in [3.63, 3.8) is 0 Å². The third-order valence-corrected chi connectivity index (χ3v) is 6.57. The molecular weight excluding hydrogens is 421 g/mol. The van der Waals surface area contributed by atoms with Gasteiger partial charge in [-0.05, 0) is 36.8 Å². The van der Waals surface area contributed by atoms with Crippen LogP contribution in [-0.2, 0) is 14.3 Å². The Morgan fingerprint density at radius 3 is 2.67 bits per heavy atom. The Morgan fingerprint density at radius 2 is 1.97 bits per heavy atom. The second kappa shape index (κ2) is 9.15. The summed E-state index contributed by atoms with van der Waals surface area (Å²) >= 11 is 12.9.